The number of hydrogen-bond donors (Lipinski definition) is 0. The van der Waals surface area contributed by atoms with E-state index in [0.717, 1.165) is 23.2 Å². The van der Waals surface area contributed by atoms with Crippen LogP contribution in [0.3, 0.4) is 0 Å². The number of carbonyl (C=O) groups is 2. The molecule has 0 spiro atoms. The van der Waals surface area contributed by atoms with Crippen LogP contribution in [0.25, 0.3) is 0 Å². The second kappa shape index (κ2) is 8.55. The van der Waals surface area contributed by atoms with Crippen LogP contribution in [0.4, 0.5) is 11.4 Å². The zero-order valence-corrected chi connectivity index (χ0v) is 18.1. The van der Waals surface area contributed by atoms with Crippen LogP contribution in [-0.2, 0) is 9.59 Å². The van der Waals surface area contributed by atoms with E-state index < -0.39 is 0 Å². The Balaban J connectivity index is 1.44. The second-order valence-corrected chi connectivity index (χ2v) is 8.34. The van der Waals surface area contributed by atoms with Crippen LogP contribution in [0, 0.1) is 0 Å². The maximum absolute atomic E-state index is 13.0. The van der Waals surface area contributed by atoms with E-state index in [1.807, 2.05) is 53.4 Å². The number of hydrogen-bond acceptors (Lipinski definition) is 4. The van der Waals surface area contributed by atoms with Gasteiger partial charge in [-0.05, 0) is 42.5 Å². The molecule has 0 bridgehead atoms. The van der Waals surface area contributed by atoms with Crippen molar-refractivity contribution < 1.29 is 9.59 Å². The number of nitrogens with zero attached hydrogens (tertiary/aromatic N) is 4. The van der Waals surface area contributed by atoms with Crippen molar-refractivity contribution in [2.75, 3.05) is 36.1 Å². The van der Waals surface area contributed by atoms with Crippen LogP contribution in [0.15, 0.2) is 58.1 Å². The maximum atomic E-state index is 13.0. The second-order valence-electron chi connectivity index (χ2n) is 6.99. The average Bonchev–Trinajstić information content (AvgIpc) is 2.74. The molecule has 2 heterocycles. The average molecular weight is 476 g/mol. The number of hydrazone groups is 1. The van der Waals surface area contributed by atoms with Crippen molar-refractivity contribution in [2.45, 2.75) is 12.8 Å². The molecule has 1 saturated heterocycles. The highest BCUT2D eigenvalue weighted by atomic mass is 79.9. The first kappa shape index (κ1) is 19.9. The third-order valence-corrected chi connectivity index (χ3v) is 5.85. The van der Waals surface area contributed by atoms with Gasteiger partial charge in [-0.1, -0.05) is 33.6 Å². The third-order valence-electron chi connectivity index (χ3n) is 5.09. The van der Waals surface area contributed by atoms with E-state index in [-0.39, 0.29) is 18.2 Å². The van der Waals surface area contributed by atoms with Crippen molar-refractivity contribution in [2.24, 2.45) is 5.10 Å². The fourth-order valence-corrected chi connectivity index (χ4v) is 3.96. The molecule has 4 rings (SSSR count). The minimum Gasteiger partial charge on any atom is -0.368 e. The summed E-state index contributed by atoms with van der Waals surface area (Å²) in [7, 11) is 0. The molecule has 0 unspecified atom stereocenters. The normalized spacial score (nSPS) is 17.4. The molecule has 2 amide bonds. The van der Waals surface area contributed by atoms with Gasteiger partial charge in [0.1, 0.15) is 5.71 Å². The molecule has 0 atom stereocenters. The molecule has 1 fully saturated rings. The van der Waals surface area contributed by atoms with Crippen molar-refractivity contribution in [3.63, 3.8) is 0 Å². The van der Waals surface area contributed by atoms with Crippen LogP contribution in [0.2, 0.25) is 5.02 Å². The van der Waals surface area contributed by atoms with Gasteiger partial charge >= 0.3 is 0 Å². The summed E-state index contributed by atoms with van der Waals surface area (Å²) in [6, 6.07) is 15.1. The largest absolute Gasteiger partial charge is 0.368 e. The van der Waals surface area contributed by atoms with Gasteiger partial charge in [-0.25, -0.2) is 5.01 Å². The number of carbonyl (C=O) groups excluding carboxylic acids is 2. The van der Waals surface area contributed by atoms with Gasteiger partial charge < -0.3 is 9.80 Å². The van der Waals surface area contributed by atoms with Gasteiger partial charge in [0.25, 0.3) is 5.91 Å². The van der Waals surface area contributed by atoms with Crippen molar-refractivity contribution in [3.05, 3.63) is 58.0 Å². The molecule has 8 heteroatoms. The summed E-state index contributed by atoms with van der Waals surface area (Å²) < 4.78 is 0.920. The lowest BCUT2D eigenvalue weighted by atomic mass is 10.1. The number of benzene rings is 2. The summed E-state index contributed by atoms with van der Waals surface area (Å²) in [4.78, 5) is 29.3. The Morgan fingerprint density at radius 1 is 0.966 bits per heavy atom. The first-order valence-corrected chi connectivity index (χ1v) is 10.6. The minimum atomic E-state index is -0.102. The van der Waals surface area contributed by atoms with Crippen molar-refractivity contribution >= 4 is 56.4 Å². The molecule has 29 heavy (non-hydrogen) atoms. The Kier molecular flexibility index (Phi) is 5.87. The Hall–Kier alpha value is -2.38. The summed E-state index contributed by atoms with van der Waals surface area (Å²) in [6.45, 7) is 2.68. The topological polar surface area (TPSA) is 56.2 Å². The minimum absolute atomic E-state index is 0.0923. The molecule has 0 aromatic heterocycles. The molecule has 150 valence electrons. The van der Waals surface area contributed by atoms with Gasteiger partial charge in [0, 0.05) is 54.2 Å². The Morgan fingerprint density at radius 3 is 2.38 bits per heavy atom. The van der Waals surface area contributed by atoms with Crippen molar-refractivity contribution in [3.8, 4) is 0 Å². The van der Waals surface area contributed by atoms with Crippen LogP contribution in [0.5, 0.6) is 0 Å². The van der Waals surface area contributed by atoms with E-state index in [1.165, 1.54) is 5.01 Å². The number of anilines is 2. The van der Waals surface area contributed by atoms with Crippen LogP contribution in [0.1, 0.15) is 12.8 Å². The predicted molar refractivity (Wildman–Crippen MR) is 119 cm³/mol. The molecule has 6 nitrogen and oxygen atoms in total. The lowest BCUT2D eigenvalue weighted by Gasteiger charge is -2.36. The van der Waals surface area contributed by atoms with E-state index in [4.69, 9.17) is 11.6 Å². The monoisotopic (exact) mass is 474 g/mol. The first-order valence-electron chi connectivity index (χ1n) is 9.47. The molecule has 0 N–H and O–H groups in total. The number of halogens is 2. The van der Waals surface area contributed by atoms with Crippen molar-refractivity contribution in [1.29, 1.82) is 0 Å². The molecule has 0 saturated carbocycles. The smallest absolute Gasteiger partial charge is 0.270 e. The maximum Gasteiger partial charge on any atom is 0.270 e. The highest BCUT2D eigenvalue weighted by molar-refractivity contribution is 9.10. The molecule has 2 aliphatic heterocycles. The lowest BCUT2D eigenvalue weighted by molar-refractivity contribution is -0.124. The molecular weight excluding hydrogens is 456 g/mol. The summed E-state index contributed by atoms with van der Waals surface area (Å²) in [5.74, 6) is -0.194. The SMILES string of the molecule is O=C(C1=NN(c2ccc(Br)cc2)C(=O)CC1)N1CCN(c2cccc(Cl)c2)CC1. The quantitative estimate of drug-likeness (QED) is 0.676. The molecule has 2 aromatic rings. The fourth-order valence-electron chi connectivity index (χ4n) is 3.51. The Bertz CT molecular complexity index is 955. The van der Waals surface area contributed by atoms with Crippen LogP contribution >= 0.6 is 27.5 Å². The van der Waals surface area contributed by atoms with Gasteiger partial charge in [0.2, 0.25) is 5.91 Å². The molecule has 0 aliphatic carbocycles. The molecule has 2 aliphatic rings. The van der Waals surface area contributed by atoms with Gasteiger partial charge in [0.15, 0.2) is 0 Å². The van der Waals surface area contributed by atoms with E-state index >= 15 is 0 Å². The highest BCUT2D eigenvalue weighted by Crippen LogP contribution is 2.24. The van der Waals surface area contributed by atoms with Gasteiger partial charge in [-0.2, -0.15) is 5.10 Å². The zero-order chi connectivity index (χ0) is 20.4. The molecular formula is C21H20BrClN4O2. The van der Waals surface area contributed by atoms with Crippen molar-refractivity contribution in [1.82, 2.24) is 4.90 Å². The highest BCUT2D eigenvalue weighted by Gasteiger charge is 2.30. The first-order chi connectivity index (χ1) is 14.0. The molecule has 0 radical (unpaired) electrons. The van der Waals surface area contributed by atoms with Gasteiger partial charge in [0.05, 0.1) is 5.69 Å². The Labute approximate surface area is 182 Å². The summed E-state index contributed by atoms with van der Waals surface area (Å²) in [5.41, 5.74) is 2.16. The fraction of sp³-hybridized carbons (Fsp3) is 0.286. The van der Waals surface area contributed by atoms with Gasteiger partial charge in [-0.3, -0.25) is 9.59 Å². The number of rotatable bonds is 3. The van der Waals surface area contributed by atoms with Crippen LogP contribution in [-0.4, -0.2) is 48.6 Å². The summed E-state index contributed by atoms with van der Waals surface area (Å²) >= 11 is 9.47. The number of piperazine rings is 1. The van der Waals surface area contributed by atoms with E-state index in [9.17, 15) is 9.59 Å². The van der Waals surface area contributed by atoms with E-state index in [2.05, 4.69) is 25.9 Å². The van der Waals surface area contributed by atoms with E-state index in [0.29, 0.717) is 35.9 Å². The van der Waals surface area contributed by atoms with Crippen LogP contribution < -0.4 is 9.91 Å². The summed E-state index contributed by atoms with van der Waals surface area (Å²) in [5, 5.41) is 6.43. The Morgan fingerprint density at radius 2 is 1.69 bits per heavy atom. The predicted octanol–water partition coefficient (Wildman–Crippen LogP) is 3.93. The summed E-state index contributed by atoms with van der Waals surface area (Å²) in [6.07, 6.45) is 0.655. The van der Waals surface area contributed by atoms with Gasteiger partial charge in [-0.15, -0.1) is 0 Å². The van der Waals surface area contributed by atoms with E-state index in [1.54, 1.807) is 0 Å². The third kappa shape index (κ3) is 4.46. The molecule has 2 aromatic carbocycles. The number of amides is 2. The standard InChI is InChI=1S/C21H20BrClN4O2/c22-15-4-6-17(7-5-15)27-20(28)9-8-19(24-27)21(29)26-12-10-25(11-13-26)18-3-1-2-16(23)14-18/h1-7,14H,8-13H2. The zero-order valence-electron chi connectivity index (χ0n) is 15.7. The lowest BCUT2D eigenvalue weighted by Crippen LogP contribution is -2.51.